The normalized spacial score (nSPS) is 15.5. The number of nitrogens with one attached hydrogen (secondary N) is 2. The van der Waals surface area contributed by atoms with Gasteiger partial charge in [-0.05, 0) is 62.2 Å². The Hall–Kier alpha value is -5.02. The van der Waals surface area contributed by atoms with Gasteiger partial charge in [-0.1, -0.05) is 6.07 Å². The Kier molecular flexibility index (Phi) is 9.07. The van der Waals surface area contributed by atoms with E-state index >= 15 is 0 Å². The Balaban J connectivity index is 1.44. The minimum absolute atomic E-state index is 0.0241. The Morgan fingerprint density at radius 3 is 2.67 bits per heavy atom. The van der Waals surface area contributed by atoms with Crippen molar-refractivity contribution in [3.63, 3.8) is 0 Å². The third-order valence-corrected chi connectivity index (χ3v) is 9.27. The molecule has 0 spiro atoms. The van der Waals surface area contributed by atoms with E-state index in [2.05, 4.69) is 36.1 Å². The van der Waals surface area contributed by atoms with Crippen LogP contribution in [0.2, 0.25) is 0 Å². The molecule has 1 atom stereocenters. The molecule has 1 aromatic carbocycles. The summed E-state index contributed by atoms with van der Waals surface area (Å²) in [7, 11) is 1.99. The number of carbonyl (C=O) groups is 2. The molecule has 1 aliphatic heterocycles. The highest BCUT2D eigenvalue weighted by Crippen LogP contribution is 2.39. The van der Waals surface area contributed by atoms with Gasteiger partial charge in [-0.25, -0.2) is 19.6 Å². The number of pyridine rings is 2. The van der Waals surface area contributed by atoms with Crippen LogP contribution >= 0.6 is 11.3 Å². The van der Waals surface area contributed by atoms with Gasteiger partial charge in [-0.3, -0.25) is 15.0 Å². The number of aryl methyl sites for hydroxylation is 1. The van der Waals surface area contributed by atoms with Crippen molar-refractivity contribution >= 4 is 40.1 Å². The van der Waals surface area contributed by atoms with Crippen molar-refractivity contribution < 1.29 is 27.9 Å². The minimum atomic E-state index is -4.67. The number of fused-ring (bicyclic) bond motifs is 1. The van der Waals surface area contributed by atoms with E-state index < -0.39 is 29.3 Å². The van der Waals surface area contributed by atoms with Crippen LogP contribution in [0.25, 0.3) is 32.6 Å². The second-order valence-electron chi connectivity index (χ2n) is 11.6. The van der Waals surface area contributed by atoms with Crippen LogP contribution in [-0.4, -0.2) is 60.7 Å². The summed E-state index contributed by atoms with van der Waals surface area (Å²) in [6, 6.07) is 9.80. The van der Waals surface area contributed by atoms with Crippen molar-refractivity contribution in [3.8, 4) is 21.7 Å². The van der Waals surface area contributed by atoms with Gasteiger partial charge >= 0.3 is 18.2 Å². The van der Waals surface area contributed by atoms with E-state index in [9.17, 15) is 32.7 Å². The number of carboxylic acids is 1. The summed E-state index contributed by atoms with van der Waals surface area (Å²) in [5, 5.41) is 16.2. The smallest absolute Gasteiger partial charge is 0.434 e. The van der Waals surface area contributed by atoms with E-state index in [1.165, 1.54) is 18.5 Å². The van der Waals surface area contributed by atoms with Crippen LogP contribution in [0.15, 0.2) is 65.2 Å². The summed E-state index contributed by atoms with van der Waals surface area (Å²) in [5.74, 6) is -1.28. The number of benzene rings is 1. The molecule has 0 saturated carbocycles. The maximum atomic E-state index is 13.6. The lowest BCUT2D eigenvalue weighted by Gasteiger charge is -2.35. The number of hydrogen-bond donors (Lipinski definition) is 3. The molecule has 15 heteroatoms. The van der Waals surface area contributed by atoms with Gasteiger partial charge in [0.25, 0.3) is 0 Å². The highest BCUT2D eigenvalue weighted by molar-refractivity contribution is 7.13. The molecular formula is C33H32F3N7O4S. The summed E-state index contributed by atoms with van der Waals surface area (Å²) >= 11 is 0.776. The number of carboxylic acid groups (broad SMARTS) is 1. The van der Waals surface area contributed by atoms with Gasteiger partial charge in [0.2, 0.25) is 5.43 Å². The first kappa shape index (κ1) is 32.9. The summed E-state index contributed by atoms with van der Waals surface area (Å²) in [4.78, 5) is 48.5. The first-order chi connectivity index (χ1) is 22.9. The number of piperidine rings is 1. The Labute approximate surface area is 276 Å². The minimum Gasteiger partial charge on any atom is -0.477 e. The summed E-state index contributed by atoms with van der Waals surface area (Å²) < 4.78 is 44.4. The molecular weight excluding hydrogens is 647 g/mol. The van der Waals surface area contributed by atoms with Crippen LogP contribution in [0, 0.1) is 0 Å². The van der Waals surface area contributed by atoms with Gasteiger partial charge in [0.05, 0.1) is 5.52 Å². The van der Waals surface area contributed by atoms with Crippen molar-refractivity contribution in [3.05, 3.63) is 87.5 Å². The van der Waals surface area contributed by atoms with Crippen molar-refractivity contribution in [1.82, 2.24) is 29.3 Å². The van der Waals surface area contributed by atoms with E-state index in [4.69, 9.17) is 0 Å². The van der Waals surface area contributed by atoms with Crippen molar-refractivity contribution in [1.29, 1.82) is 0 Å². The van der Waals surface area contributed by atoms with Gasteiger partial charge < -0.3 is 19.6 Å². The molecule has 0 radical (unpaired) electrons. The maximum absolute atomic E-state index is 13.6. The van der Waals surface area contributed by atoms with Gasteiger partial charge in [0.1, 0.15) is 16.4 Å². The van der Waals surface area contributed by atoms with Crippen LogP contribution < -0.4 is 16.1 Å². The quantitative estimate of drug-likeness (QED) is 0.177. The molecule has 3 N–H and O–H groups in total. The van der Waals surface area contributed by atoms with Crippen LogP contribution in [-0.2, 0) is 19.8 Å². The number of rotatable bonds is 8. The summed E-state index contributed by atoms with van der Waals surface area (Å²) in [6.07, 6.45) is 1.77. The van der Waals surface area contributed by atoms with Gasteiger partial charge in [0.15, 0.2) is 5.69 Å². The summed E-state index contributed by atoms with van der Waals surface area (Å²) in [6.45, 7) is 4.32. The topological polar surface area (TPSA) is 134 Å². The average molecular weight is 680 g/mol. The van der Waals surface area contributed by atoms with E-state index in [0.29, 0.717) is 29.7 Å². The van der Waals surface area contributed by atoms with Crippen LogP contribution in [0.5, 0.6) is 0 Å². The first-order valence-corrected chi connectivity index (χ1v) is 16.1. The molecule has 11 nitrogen and oxygen atoms in total. The zero-order chi connectivity index (χ0) is 34.2. The number of aromatic nitrogens is 4. The molecule has 0 unspecified atom stereocenters. The molecule has 6 rings (SSSR count). The lowest BCUT2D eigenvalue weighted by atomic mass is 9.98. The second-order valence-corrected chi connectivity index (χ2v) is 12.5. The fourth-order valence-electron chi connectivity index (χ4n) is 6.05. The van der Waals surface area contributed by atoms with Gasteiger partial charge in [-0.15, -0.1) is 11.3 Å². The number of amides is 2. The van der Waals surface area contributed by atoms with Crippen molar-refractivity contribution in [2.45, 2.75) is 38.5 Å². The fourth-order valence-corrected chi connectivity index (χ4v) is 6.90. The van der Waals surface area contributed by atoms with Crippen LogP contribution in [0.4, 0.5) is 23.8 Å². The van der Waals surface area contributed by atoms with Crippen LogP contribution in [0.1, 0.15) is 47.6 Å². The third-order valence-electron chi connectivity index (χ3n) is 8.39. The first-order valence-electron chi connectivity index (χ1n) is 15.3. The molecule has 5 aromatic rings. The zero-order valence-corrected chi connectivity index (χ0v) is 26.9. The molecule has 0 bridgehead atoms. The molecule has 250 valence electrons. The van der Waals surface area contributed by atoms with E-state index in [1.54, 1.807) is 25.1 Å². The predicted octanol–water partition coefficient (Wildman–Crippen LogP) is 6.22. The fraction of sp³-hybridized carbons (Fsp3) is 0.303. The molecule has 1 saturated heterocycles. The number of thiazole rings is 1. The number of anilines is 1. The average Bonchev–Trinajstić information content (AvgIpc) is 3.71. The lowest BCUT2D eigenvalue weighted by molar-refractivity contribution is -0.140. The zero-order valence-electron chi connectivity index (χ0n) is 26.0. The Morgan fingerprint density at radius 2 is 1.98 bits per heavy atom. The molecule has 1 aliphatic rings. The molecule has 0 aliphatic carbocycles. The number of aromatic carboxylic acids is 1. The predicted molar refractivity (Wildman–Crippen MR) is 176 cm³/mol. The standard InChI is InChI=1S/C33H32F3N7O4S/c1-3-37-32(47)40-28-13-22(30-39-27(18-48-30)33(34,35)36)24(14-38-28)19-8-9-26-23(12-19)29(44)25(31(45)46)17-43(26)21-7-5-11-42(16-21)15-20-6-4-10-41(20)2/h4,6,8-10,12-14,17-18,21H,3,5,7,11,15-16H2,1-2H3,(H,45,46)(H2,37,38,40,47)/t21-/m1/s1. The lowest BCUT2D eigenvalue weighted by Crippen LogP contribution is -2.37. The molecule has 1 fully saturated rings. The number of likely N-dealkylation sites (tertiary alicyclic amines) is 1. The molecule has 5 heterocycles. The van der Waals surface area contributed by atoms with E-state index in [1.807, 2.05) is 23.9 Å². The number of nitrogens with zero attached hydrogens (tertiary/aromatic N) is 5. The largest absolute Gasteiger partial charge is 0.477 e. The number of urea groups is 1. The van der Waals surface area contributed by atoms with Gasteiger partial charge in [0, 0.05) is 78.9 Å². The van der Waals surface area contributed by atoms with E-state index in [0.717, 1.165) is 48.3 Å². The number of alkyl halides is 3. The highest BCUT2D eigenvalue weighted by atomic mass is 32.1. The maximum Gasteiger partial charge on any atom is 0.434 e. The van der Waals surface area contributed by atoms with Crippen molar-refractivity contribution in [2.75, 3.05) is 25.0 Å². The number of carbonyl (C=O) groups excluding carboxylic acids is 1. The second kappa shape index (κ2) is 13.2. The Morgan fingerprint density at radius 1 is 1.17 bits per heavy atom. The number of hydrogen-bond acceptors (Lipinski definition) is 7. The van der Waals surface area contributed by atoms with Crippen LogP contribution in [0.3, 0.4) is 0 Å². The SMILES string of the molecule is CCNC(=O)Nc1cc(-c2nc(C(F)(F)F)cs2)c(-c2ccc3c(c2)c(=O)c(C(=O)O)cn3[C@@H]2CCCN(Cc3cccn3C)C2)cn1. The molecule has 2 amide bonds. The number of halogens is 3. The van der Waals surface area contributed by atoms with E-state index in [-0.39, 0.29) is 33.4 Å². The molecule has 48 heavy (non-hydrogen) atoms. The molecule has 4 aromatic heterocycles. The highest BCUT2D eigenvalue weighted by Gasteiger charge is 2.34. The van der Waals surface area contributed by atoms with Crippen molar-refractivity contribution in [2.24, 2.45) is 7.05 Å². The monoisotopic (exact) mass is 679 g/mol. The third kappa shape index (κ3) is 6.69. The Bertz CT molecular complexity index is 2070. The summed E-state index contributed by atoms with van der Waals surface area (Å²) in [5.41, 5.74) is 0.573. The van der Waals surface area contributed by atoms with Gasteiger partial charge in [-0.2, -0.15) is 13.2 Å².